The fourth-order valence-corrected chi connectivity index (χ4v) is 4.51. The summed E-state index contributed by atoms with van der Waals surface area (Å²) < 4.78 is 15.2. The molecule has 1 aliphatic heterocycles. The summed E-state index contributed by atoms with van der Waals surface area (Å²) >= 11 is 0. The zero-order valence-corrected chi connectivity index (χ0v) is 17.1. The molecule has 8 nitrogen and oxygen atoms in total. The van der Waals surface area contributed by atoms with Crippen LogP contribution < -0.4 is 4.90 Å². The Morgan fingerprint density at radius 2 is 1.90 bits per heavy atom. The van der Waals surface area contributed by atoms with Crippen LogP contribution in [0.4, 0.5) is 10.5 Å². The predicted octanol–water partition coefficient (Wildman–Crippen LogP) is 2.46. The standard InChI is InChI=1S/C21H28N2O6/c1-4-28-18(24)13-22-12-15-9-10-17(22)19(15)23(21(26)27-3)16-8-6-7-14(11-16)20(25)29-5-2/h6-8,11,15,17,19H,4-5,9-10,12-13H2,1-3H3. The largest absolute Gasteiger partial charge is 0.465 e. The van der Waals surface area contributed by atoms with Crippen molar-refractivity contribution in [3.8, 4) is 0 Å². The quantitative estimate of drug-likeness (QED) is 0.510. The number of fused-ring (bicyclic) bond motifs is 2. The number of piperidine rings is 1. The smallest absolute Gasteiger partial charge is 0.414 e. The molecule has 2 bridgehead atoms. The molecule has 0 N–H and O–H groups in total. The van der Waals surface area contributed by atoms with Crippen LogP contribution in [0, 0.1) is 5.92 Å². The van der Waals surface area contributed by atoms with Gasteiger partial charge in [-0.3, -0.25) is 14.6 Å². The Kier molecular flexibility index (Phi) is 6.74. The van der Waals surface area contributed by atoms with E-state index in [0.29, 0.717) is 17.9 Å². The maximum Gasteiger partial charge on any atom is 0.414 e. The molecule has 1 aliphatic carbocycles. The molecule has 8 heteroatoms. The fourth-order valence-electron chi connectivity index (χ4n) is 4.51. The van der Waals surface area contributed by atoms with E-state index >= 15 is 0 Å². The number of nitrogens with zero attached hydrogens (tertiary/aromatic N) is 2. The minimum atomic E-state index is -0.481. The average molecular weight is 404 g/mol. The van der Waals surface area contributed by atoms with Crippen LogP contribution in [0.2, 0.25) is 0 Å². The second kappa shape index (κ2) is 9.26. The molecule has 1 aromatic carbocycles. The fraction of sp³-hybridized carbons (Fsp3) is 0.571. The van der Waals surface area contributed by atoms with Crippen molar-refractivity contribution in [2.45, 2.75) is 38.8 Å². The van der Waals surface area contributed by atoms with E-state index in [4.69, 9.17) is 14.2 Å². The Bertz CT molecular complexity index is 767. The third-order valence-corrected chi connectivity index (χ3v) is 5.59. The number of ether oxygens (including phenoxy) is 3. The van der Waals surface area contributed by atoms with Crippen molar-refractivity contribution in [1.82, 2.24) is 4.90 Å². The molecule has 29 heavy (non-hydrogen) atoms. The van der Waals surface area contributed by atoms with Gasteiger partial charge in [-0.1, -0.05) is 6.07 Å². The Labute approximate surface area is 170 Å². The molecule has 0 aromatic heterocycles. The molecule has 0 spiro atoms. The van der Waals surface area contributed by atoms with Crippen LogP contribution in [0.5, 0.6) is 0 Å². The van der Waals surface area contributed by atoms with E-state index in [0.717, 1.165) is 19.4 Å². The number of hydrogen-bond donors (Lipinski definition) is 0. The van der Waals surface area contributed by atoms with E-state index in [1.807, 2.05) is 0 Å². The Morgan fingerprint density at radius 1 is 1.14 bits per heavy atom. The van der Waals surface area contributed by atoms with E-state index in [1.54, 1.807) is 43.0 Å². The number of carbonyl (C=O) groups excluding carboxylic acids is 3. The summed E-state index contributed by atoms with van der Waals surface area (Å²) in [5.74, 6) is -0.468. The number of esters is 2. The van der Waals surface area contributed by atoms with Crippen molar-refractivity contribution in [1.29, 1.82) is 0 Å². The van der Waals surface area contributed by atoms with Crippen LogP contribution >= 0.6 is 0 Å². The highest BCUT2D eigenvalue weighted by atomic mass is 16.5. The van der Waals surface area contributed by atoms with E-state index in [2.05, 4.69) is 4.90 Å². The van der Waals surface area contributed by atoms with Gasteiger partial charge in [0.25, 0.3) is 0 Å². The van der Waals surface area contributed by atoms with Gasteiger partial charge in [-0.05, 0) is 50.8 Å². The van der Waals surface area contributed by atoms with Gasteiger partial charge in [0.05, 0.1) is 38.5 Å². The molecular formula is C21H28N2O6. The van der Waals surface area contributed by atoms with Gasteiger partial charge >= 0.3 is 18.0 Å². The van der Waals surface area contributed by atoms with Gasteiger partial charge in [-0.15, -0.1) is 0 Å². The Hall–Kier alpha value is -2.61. The highest BCUT2D eigenvalue weighted by Crippen LogP contribution is 2.42. The van der Waals surface area contributed by atoms with Gasteiger partial charge in [-0.25, -0.2) is 9.59 Å². The van der Waals surface area contributed by atoms with Crippen molar-refractivity contribution in [3.63, 3.8) is 0 Å². The zero-order chi connectivity index (χ0) is 21.0. The summed E-state index contributed by atoms with van der Waals surface area (Å²) in [7, 11) is 1.35. The molecular weight excluding hydrogens is 376 g/mol. The molecule has 1 saturated carbocycles. The molecule has 3 rings (SSSR count). The number of rotatable bonds is 7. The summed E-state index contributed by atoms with van der Waals surface area (Å²) in [5.41, 5.74) is 0.967. The van der Waals surface area contributed by atoms with Crippen LogP contribution in [0.25, 0.3) is 0 Å². The first-order valence-electron chi connectivity index (χ1n) is 10.0. The highest BCUT2D eigenvalue weighted by Gasteiger charge is 2.51. The maximum atomic E-state index is 12.7. The van der Waals surface area contributed by atoms with E-state index in [9.17, 15) is 14.4 Å². The third-order valence-electron chi connectivity index (χ3n) is 5.59. The number of methoxy groups -OCH3 is 1. The minimum absolute atomic E-state index is 0.0368. The molecule has 1 heterocycles. The average Bonchev–Trinajstić information content (AvgIpc) is 3.26. The number of likely N-dealkylation sites (tertiary alicyclic amines) is 1. The maximum absolute atomic E-state index is 12.7. The summed E-state index contributed by atoms with van der Waals surface area (Å²) in [6.45, 7) is 5.09. The first-order chi connectivity index (χ1) is 14.0. The van der Waals surface area contributed by atoms with Crippen molar-refractivity contribution in [3.05, 3.63) is 29.8 Å². The molecule has 1 saturated heterocycles. The lowest BCUT2D eigenvalue weighted by molar-refractivity contribution is -0.144. The zero-order valence-electron chi connectivity index (χ0n) is 17.1. The number of hydrogen-bond acceptors (Lipinski definition) is 7. The molecule has 3 atom stereocenters. The number of amides is 1. The van der Waals surface area contributed by atoms with E-state index in [1.165, 1.54) is 7.11 Å². The van der Waals surface area contributed by atoms with Crippen LogP contribution in [0.1, 0.15) is 37.0 Å². The van der Waals surface area contributed by atoms with Gasteiger partial charge in [-0.2, -0.15) is 0 Å². The number of anilines is 1. The van der Waals surface area contributed by atoms with Gasteiger partial charge in [0.2, 0.25) is 0 Å². The summed E-state index contributed by atoms with van der Waals surface area (Å²) in [6, 6.07) is 6.73. The van der Waals surface area contributed by atoms with Crippen molar-refractivity contribution < 1.29 is 28.6 Å². The molecule has 1 amide bonds. The lowest BCUT2D eigenvalue weighted by Crippen LogP contribution is -2.48. The van der Waals surface area contributed by atoms with Gasteiger partial charge in [0.1, 0.15) is 0 Å². The summed E-state index contributed by atoms with van der Waals surface area (Å²) in [5, 5.41) is 0. The van der Waals surface area contributed by atoms with Crippen LogP contribution in [-0.2, 0) is 19.0 Å². The molecule has 2 aliphatic rings. The second-order valence-corrected chi connectivity index (χ2v) is 7.24. The molecule has 2 fully saturated rings. The molecule has 0 radical (unpaired) electrons. The van der Waals surface area contributed by atoms with Crippen molar-refractivity contribution in [2.24, 2.45) is 5.92 Å². The minimum Gasteiger partial charge on any atom is -0.465 e. The van der Waals surface area contributed by atoms with Crippen LogP contribution in [0.3, 0.4) is 0 Å². The van der Waals surface area contributed by atoms with E-state index in [-0.39, 0.29) is 37.1 Å². The topological polar surface area (TPSA) is 85.4 Å². The monoisotopic (exact) mass is 404 g/mol. The van der Waals surface area contributed by atoms with Gasteiger partial charge < -0.3 is 14.2 Å². The van der Waals surface area contributed by atoms with Crippen LogP contribution in [-0.4, -0.2) is 68.4 Å². The van der Waals surface area contributed by atoms with Crippen molar-refractivity contribution >= 4 is 23.7 Å². The molecule has 3 unspecified atom stereocenters. The first kappa shape index (κ1) is 21.1. The first-order valence-corrected chi connectivity index (χ1v) is 10.0. The number of benzene rings is 1. The lowest BCUT2D eigenvalue weighted by atomic mass is 10.0. The Balaban J connectivity index is 1.87. The predicted molar refractivity (Wildman–Crippen MR) is 106 cm³/mol. The molecule has 158 valence electrons. The summed E-state index contributed by atoms with van der Waals surface area (Å²) in [6.07, 6.45) is 1.38. The second-order valence-electron chi connectivity index (χ2n) is 7.24. The van der Waals surface area contributed by atoms with Crippen LogP contribution in [0.15, 0.2) is 24.3 Å². The normalized spacial score (nSPS) is 22.9. The van der Waals surface area contributed by atoms with Gasteiger partial charge in [0, 0.05) is 18.3 Å². The number of carbonyl (C=O) groups is 3. The third kappa shape index (κ3) is 4.37. The SMILES string of the molecule is CCOC(=O)CN1CC2CCC1C2N(C(=O)OC)c1cccc(C(=O)OCC)c1. The lowest BCUT2D eigenvalue weighted by Gasteiger charge is -2.32. The Morgan fingerprint density at radius 3 is 2.59 bits per heavy atom. The van der Waals surface area contributed by atoms with E-state index < -0.39 is 12.1 Å². The molecule has 1 aromatic rings. The van der Waals surface area contributed by atoms with Gasteiger partial charge in [0.15, 0.2) is 0 Å². The highest BCUT2D eigenvalue weighted by molar-refractivity contribution is 5.94. The summed E-state index contributed by atoms with van der Waals surface area (Å²) in [4.78, 5) is 40.6. The van der Waals surface area contributed by atoms with Crippen molar-refractivity contribution in [2.75, 3.05) is 38.3 Å².